The summed E-state index contributed by atoms with van der Waals surface area (Å²) in [5.41, 5.74) is 0. The van der Waals surface area contributed by atoms with Crippen LogP contribution >= 0.6 is 0 Å². The number of amides is 1. The van der Waals surface area contributed by atoms with Gasteiger partial charge >= 0.3 is 5.97 Å². The fourth-order valence-electron chi connectivity index (χ4n) is 4.33. The zero-order chi connectivity index (χ0) is 20.9. The SMILES string of the molecule is [2H][C@@]1(C(=O)O[C@@H](C)CCNC(C)=O)C[C@H]2C[C@@H](CCc3nn[nH]n3)CC[C@H]2CN1. The molecule has 3 N–H and O–H groups in total. The van der Waals surface area contributed by atoms with Crippen molar-refractivity contribution in [3.8, 4) is 0 Å². The van der Waals surface area contributed by atoms with Crippen LogP contribution in [0.3, 0.4) is 0 Å². The standard InChI is InChI=1S/C19H32N6O3/c1-12(7-8-20-13(2)26)28-19(27)17-10-16-9-14(3-5-15(16)11-21-17)4-6-18-22-24-25-23-18/h12,14-17,21H,3-11H2,1-2H3,(H,20,26)(H,22,23,24,25)/t12-,14+,15-,16+,17-/m0/s1/i17D. The number of nitrogens with zero attached hydrogens (tertiary/aromatic N) is 3. The third-order valence-electron chi connectivity index (χ3n) is 5.94. The minimum Gasteiger partial charge on any atom is -0.461 e. The summed E-state index contributed by atoms with van der Waals surface area (Å²) in [6.07, 6.45) is 5.78. The van der Waals surface area contributed by atoms with E-state index in [4.69, 9.17) is 6.11 Å². The molecule has 156 valence electrons. The Bertz CT molecular complexity index is 687. The van der Waals surface area contributed by atoms with Crippen LogP contribution < -0.4 is 10.6 Å². The zero-order valence-electron chi connectivity index (χ0n) is 17.7. The summed E-state index contributed by atoms with van der Waals surface area (Å²) in [5, 5.41) is 19.9. The van der Waals surface area contributed by atoms with E-state index in [-0.39, 0.29) is 12.0 Å². The number of piperidine rings is 1. The van der Waals surface area contributed by atoms with Crippen LogP contribution in [0, 0.1) is 17.8 Å². The van der Waals surface area contributed by atoms with E-state index in [0.29, 0.717) is 43.7 Å². The van der Waals surface area contributed by atoms with E-state index in [1.165, 1.54) is 6.92 Å². The number of carbonyl (C=O) groups excluding carboxylic acids is 2. The number of aromatic nitrogens is 4. The van der Waals surface area contributed by atoms with E-state index in [0.717, 1.165) is 37.9 Å². The molecule has 5 atom stereocenters. The molecule has 28 heavy (non-hydrogen) atoms. The van der Waals surface area contributed by atoms with Crippen LogP contribution in [-0.4, -0.2) is 57.7 Å². The van der Waals surface area contributed by atoms with Gasteiger partial charge in [0, 0.05) is 26.3 Å². The van der Waals surface area contributed by atoms with Crippen LogP contribution in [0.5, 0.6) is 0 Å². The van der Waals surface area contributed by atoms with Gasteiger partial charge in [0.15, 0.2) is 5.82 Å². The van der Waals surface area contributed by atoms with Crippen molar-refractivity contribution in [2.75, 3.05) is 13.1 Å². The Morgan fingerprint density at radius 3 is 2.96 bits per heavy atom. The second-order valence-electron chi connectivity index (χ2n) is 8.12. The number of hydrogen-bond acceptors (Lipinski definition) is 7. The molecule has 1 aliphatic heterocycles. The van der Waals surface area contributed by atoms with Crippen molar-refractivity contribution < 1.29 is 15.7 Å². The molecule has 1 aromatic heterocycles. The molecule has 0 radical (unpaired) electrons. The van der Waals surface area contributed by atoms with Gasteiger partial charge in [0.2, 0.25) is 5.91 Å². The summed E-state index contributed by atoms with van der Waals surface area (Å²) in [6, 6.07) is -1.39. The van der Waals surface area contributed by atoms with Crippen molar-refractivity contribution in [1.82, 2.24) is 31.3 Å². The highest BCUT2D eigenvalue weighted by molar-refractivity contribution is 5.76. The van der Waals surface area contributed by atoms with Crippen LogP contribution in [0.25, 0.3) is 0 Å². The molecule has 9 heteroatoms. The summed E-state index contributed by atoms with van der Waals surface area (Å²) in [6.45, 7) is 4.39. The monoisotopic (exact) mass is 393 g/mol. The van der Waals surface area contributed by atoms with Crippen LogP contribution in [0.15, 0.2) is 0 Å². The molecule has 2 heterocycles. The summed E-state index contributed by atoms with van der Waals surface area (Å²) >= 11 is 0. The lowest BCUT2D eigenvalue weighted by atomic mass is 9.69. The lowest BCUT2D eigenvalue weighted by Gasteiger charge is -2.42. The summed E-state index contributed by atoms with van der Waals surface area (Å²) in [7, 11) is 0. The van der Waals surface area contributed by atoms with Crippen molar-refractivity contribution in [2.24, 2.45) is 17.8 Å². The maximum absolute atomic E-state index is 12.7. The number of rotatable bonds is 8. The Morgan fingerprint density at radius 1 is 1.36 bits per heavy atom. The van der Waals surface area contributed by atoms with Crippen molar-refractivity contribution in [3.63, 3.8) is 0 Å². The van der Waals surface area contributed by atoms with Crippen LogP contribution in [0.1, 0.15) is 59.6 Å². The van der Waals surface area contributed by atoms with Gasteiger partial charge in [-0.3, -0.25) is 9.59 Å². The van der Waals surface area contributed by atoms with E-state index in [2.05, 4.69) is 31.3 Å². The average Bonchev–Trinajstić information content (AvgIpc) is 3.19. The lowest BCUT2D eigenvalue weighted by Crippen LogP contribution is -2.50. The number of ether oxygens (including phenoxy) is 1. The Balaban J connectivity index is 1.48. The second-order valence-corrected chi connectivity index (χ2v) is 8.12. The topological polar surface area (TPSA) is 122 Å². The number of aryl methyl sites for hydroxylation is 1. The van der Waals surface area contributed by atoms with Gasteiger partial charge in [0.1, 0.15) is 12.1 Å². The Hall–Kier alpha value is -2.03. The van der Waals surface area contributed by atoms with Gasteiger partial charge < -0.3 is 15.4 Å². The molecule has 1 aromatic rings. The van der Waals surface area contributed by atoms with E-state index in [9.17, 15) is 9.59 Å². The highest BCUT2D eigenvalue weighted by Gasteiger charge is 2.38. The predicted molar refractivity (Wildman–Crippen MR) is 102 cm³/mol. The molecule has 1 saturated heterocycles. The van der Waals surface area contributed by atoms with Crippen LogP contribution in [-0.2, 0) is 20.7 Å². The fourth-order valence-corrected chi connectivity index (χ4v) is 4.33. The Labute approximate surface area is 167 Å². The number of fused-ring (bicyclic) bond motifs is 1. The third-order valence-corrected chi connectivity index (χ3v) is 5.94. The number of aromatic amines is 1. The maximum atomic E-state index is 12.7. The van der Waals surface area contributed by atoms with Crippen LogP contribution in [0.4, 0.5) is 0 Å². The number of hydrogen-bond donors (Lipinski definition) is 3. The largest absolute Gasteiger partial charge is 0.461 e. The van der Waals surface area contributed by atoms with Gasteiger partial charge in [0.25, 0.3) is 0 Å². The Kier molecular flexibility index (Phi) is 6.86. The first-order chi connectivity index (χ1) is 13.9. The molecule has 0 bridgehead atoms. The smallest absolute Gasteiger partial charge is 0.323 e. The molecule has 9 nitrogen and oxygen atoms in total. The summed E-state index contributed by atoms with van der Waals surface area (Å²) < 4.78 is 14.2. The first-order valence-electron chi connectivity index (χ1n) is 10.8. The van der Waals surface area contributed by atoms with Gasteiger partial charge in [-0.1, -0.05) is 11.6 Å². The molecule has 1 aliphatic carbocycles. The summed E-state index contributed by atoms with van der Waals surface area (Å²) in [4.78, 5) is 23.6. The fraction of sp³-hybridized carbons (Fsp3) is 0.842. The van der Waals surface area contributed by atoms with Crippen molar-refractivity contribution in [3.05, 3.63) is 5.82 Å². The zero-order valence-corrected chi connectivity index (χ0v) is 16.7. The minimum atomic E-state index is -1.39. The van der Waals surface area contributed by atoms with Crippen molar-refractivity contribution in [2.45, 2.75) is 70.9 Å². The normalized spacial score (nSPS) is 31.4. The highest BCUT2D eigenvalue weighted by atomic mass is 16.5. The minimum absolute atomic E-state index is 0.105. The first kappa shape index (κ1) is 19.3. The van der Waals surface area contributed by atoms with Gasteiger partial charge in [-0.2, -0.15) is 5.21 Å². The number of tetrazole rings is 1. The van der Waals surface area contributed by atoms with Gasteiger partial charge in [-0.25, -0.2) is 0 Å². The van der Waals surface area contributed by atoms with E-state index in [1.807, 2.05) is 0 Å². The quantitative estimate of drug-likeness (QED) is 0.563. The number of esters is 1. The molecule has 3 rings (SSSR count). The van der Waals surface area contributed by atoms with Crippen LogP contribution in [0.2, 0.25) is 0 Å². The molecule has 0 unspecified atom stereocenters. The second kappa shape index (κ2) is 9.95. The molecule has 0 aromatic carbocycles. The van der Waals surface area contributed by atoms with Gasteiger partial charge in [-0.15, -0.1) is 10.2 Å². The molecular weight excluding hydrogens is 360 g/mol. The van der Waals surface area contributed by atoms with Crippen molar-refractivity contribution >= 4 is 11.9 Å². The molecule has 2 aliphatic rings. The van der Waals surface area contributed by atoms with E-state index < -0.39 is 12.0 Å². The maximum Gasteiger partial charge on any atom is 0.323 e. The highest BCUT2D eigenvalue weighted by Crippen LogP contribution is 2.40. The number of nitrogens with one attached hydrogen (secondary N) is 3. The lowest BCUT2D eigenvalue weighted by molar-refractivity contribution is -0.152. The molecule has 1 amide bonds. The summed E-state index contributed by atoms with van der Waals surface area (Å²) in [5.74, 6) is 1.54. The number of H-pyrrole nitrogens is 1. The van der Waals surface area contributed by atoms with E-state index >= 15 is 0 Å². The predicted octanol–water partition coefficient (Wildman–Crippen LogP) is 0.985. The van der Waals surface area contributed by atoms with Crippen molar-refractivity contribution in [1.29, 1.82) is 0 Å². The molecule has 2 fully saturated rings. The first-order valence-corrected chi connectivity index (χ1v) is 10.3. The third kappa shape index (κ3) is 5.98. The molecular formula is C19H32N6O3. The molecule has 1 saturated carbocycles. The Morgan fingerprint density at radius 2 is 2.21 bits per heavy atom. The average molecular weight is 394 g/mol. The number of carbonyl (C=O) groups is 2. The molecule has 0 spiro atoms. The van der Waals surface area contributed by atoms with Gasteiger partial charge in [-0.05, 0) is 56.9 Å². The van der Waals surface area contributed by atoms with E-state index in [1.54, 1.807) is 6.92 Å². The van der Waals surface area contributed by atoms with Gasteiger partial charge in [0.05, 0.1) is 1.37 Å².